The monoisotopic (exact) mass is 197 g/mol. The van der Waals surface area contributed by atoms with Crippen LogP contribution in [-0.4, -0.2) is 7.11 Å². The van der Waals surface area contributed by atoms with E-state index in [9.17, 15) is 0 Å². The smallest absolute Gasteiger partial charge is 0.118 e. The van der Waals surface area contributed by atoms with Crippen LogP contribution in [0.2, 0.25) is 0 Å². The van der Waals surface area contributed by atoms with Crippen molar-refractivity contribution in [3.8, 4) is 5.75 Å². The van der Waals surface area contributed by atoms with Crippen LogP contribution in [0.5, 0.6) is 5.75 Å². The van der Waals surface area contributed by atoms with Gasteiger partial charge in [-0.1, -0.05) is 39.8 Å². The second-order valence-corrected chi connectivity index (χ2v) is 2.05. The molecule has 0 amide bonds. The Bertz CT molecular complexity index is 171. The third-order valence-corrected chi connectivity index (χ3v) is 1.39. The van der Waals surface area contributed by atoms with Crippen LogP contribution in [-0.2, 0) is 6.54 Å². The molecule has 0 unspecified atom stereocenters. The van der Waals surface area contributed by atoms with E-state index >= 15 is 0 Å². The number of ether oxygens (including phenoxy) is 1. The van der Waals surface area contributed by atoms with E-state index in [-0.39, 0.29) is 0 Å². The maximum Gasteiger partial charge on any atom is 0.118 e. The zero-order valence-electron chi connectivity index (χ0n) is 10.0. The Hall–Kier alpha value is -1.02. The van der Waals surface area contributed by atoms with Gasteiger partial charge in [0, 0.05) is 6.54 Å². The van der Waals surface area contributed by atoms with Crippen LogP contribution in [0, 0.1) is 0 Å². The molecule has 0 saturated carbocycles. The summed E-state index contributed by atoms with van der Waals surface area (Å²) in [6, 6.07) is 7.72. The Labute approximate surface area is 88.1 Å². The number of benzene rings is 1. The van der Waals surface area contributed by atoms with Crippen LogP contribution >= 0.6 is 0 Å². The molecule has 1 aromatic rings. The highest BCUT2D eigenvalue weighted by atomic mass is 16.5. The Morgan fingerprint density at radius 2 is 1.43 bits per heavy atom. The molecule has 82 valence electrons. The predicted octanol–water partition coefficient (Wildman–Crippen LogP) is 3.21. The van der Waals surface area contributed by atoms with Crippen molar-refractivity contribution in [2.45, 2.75) is 34.2 Å². The van der Waals surface area contributed by atoms with Crippen LogP contribution < -0.4 is 10.5 Å². The molecule has 0 fully saturated rings. The van der Waals surface area contributed by atoms with Gasteiger partial charge in [-0.05, 0) is 17.7 Å². The molecule has 1 aromatic carbocycles. The lowest BCUT2D eigenvalue weighted by molar-refractivity contribution is 0.414. The van der Waals surface area contributed by atoms with Gasteiger partial charge >= 0.3 is 0 Å². The van der Waals surface area contributed by atoms with E-state index in [1.54, 1.807) is 7.11 Å². The van der Waals surface area contributed by atoms with Gasteiger partial charge in [-0.3, -0.25) is 0 Å². The summed E-state index contributed by atoms with van der Waals surface area (Å²) in [6.07, 6.45) is 0. The van der Waals surface area contributed by atoms with E-state index in [4.69, 9.17) is 10.5 Å². The topological polar surface area (TPSA) is 35.2 Å². The number of hydrogen-bond donors (Lipinski definition) is 1. The van der Waals surface area contributed by atoms with Crippen molar-refractivity contribution in [3.63, 3.8) is 0 Å². The van der Waals surface area contributed by atoms with Gasteiger partial charge in [0.1, 0.15) is 5.75 Å². The number of rotatable bonds is 2. The minimum absolute atomic E-state index is 0.587. The van der Waals surface area contributed by atoms with Crippen LogP contribution in [0.1, 0.15) is 33.3 Å². The van der Waals surface area contributed by atoms with Gasteiger partial charge in [0.05, 0.1) is 7.11 Å². The van der Waals surface area contributed by atoms with Gasteiger partial charge in [-0.25, -0.2) is 0 Å². The quantitative estimate of drug-likeness (QED) is 0.790. The third kappa shape index (κ3) is 6.49. The molecule has 0 aliphatic rings. The van der Waals surface area contributed by atoms with Crippen molar-refractivity contribution in [2.75, 3.05) is 7.11 Å². The Morgan fingerprint density at radius 3 is 1.71 bits per heavy atom. The first kappa shape index (κ1) is 15.5. The van der Waals surface area contributed by atoms with Crippen LogP contribution in [0.25, 0.3) is 0 Å². The van der Waals surface area contributed by atoms with Gasteiger partial charge in [0.2, 0.25) is 0 Å². The minimum Gasteiger partial charge on any atom is -0.497 e. The van der Waals surface area contributed by atoms with Crippen LogP contribution in [0.4, 0.5) is 0 Å². The van der Waals surface area contributed by atoms with Crippen LogP contribution in [0.15, 0.2) is 24.3 Å². The molecule has 0 aromatic heterocycles. The van der Waals surface area contributed by atoms with E-state index in [0.717, 1.165) is 11.3 Å². The SMILES string of the molecule is CC.CC.COc1ccc(CN)cc1. The third-order valence-electron chi connectivity index (χ3n) is 1.39. The highest BCUT2D eigenvalue weighted by Crippen LogP contribution is 2.10. The molecule has 2 N–H and O–H groups in total. The molecule has 0 atom stereocenters. The second-order valence-electron chi connectivity index (χ2n) is 2.05. The maximum atomic E-state index is 5.40. The van der Waals surface area contributed by atoms with E-state index in [0.29, 0.717) is 6.54 Å². The molecule has 1 rings (SSSR count). The van der Waals surface area contributed by atoms with Gasteiger partial charge in [0.25, 0.3) is 0 Å². The summed E-state index contributed by atoms with van der Waals surface area (Å²) in [6.45, 7) is 8.59. The largest absolute Gasteiger partial charge is 0.497 e. The lowest BCUT2D eigenvalue weighted by Gasteiger charge is -1.99. The van der Waals surface area contributed by atoms with E-state index in [1.165, 1.54) is 0 Å². The summed E-state index contributed by atoms with van der Waals surface area (Å²) < 4.78 is 4.97. The Kier molecular flexibility index (Phi) is 13.2. The van der Waals surface area contributed by atoms with Crippen molar-refractivity contribution < 1.29 is 4.74 Å². The zero-order valence-corrected chi connectivity index (χ0v) is 10.0. The van der Waals surface area contributed by atoms with Crippen molar-refractivity contribution in [3.05, 3.63) is 29.8 Å². The average Bonchev–Trinajstić information content (AvgIpc) is 2.34. The predicted molar refractivity (Wildman–Crippen MR) is 63.6 cm³/mol. The molecule has 0 radical (unpaired) electrons. The number of hydrogen-bond acceptors (Lipinski definition) is 2. The number of methoxy groups -OCH3 is 1. The summed E-state index contributed by atoms with van der Waals surface area (Å²) in [5.41, 5.74) is 6.53. The molecule has 0 spiro atoms. The first-order chi connectivity index (χ1) is 6.86. The minimum atomic E-state index is 0.587. The van der Waals surface area contributed by atoms with Crippen molar-refractivity contribution in [1.82, 2.24) is 0 Å². The first-order valence-corrected chi connectivity index (χ1v) is 5.20. The fourth-order valence-electron chi connectivity index (χ4n) is 0.762. The van der Waals surface area contributed by atoms with Crippen molar-refractivity contribution in [1.29, 1.82) is 0 Å². The molecular weight excluding hydrogens is 174 g/mol. The van der Waals surface area contributed by atoms with Gasteiger partial charge in [-0.15, -0.1) is 0 Å². The molecular formula is C12H23NO. The zero-order chi connectivity index (χ0) is 11.4. The Balaban J connectivity index is 0. The molecule has 0 heterocycles. The maximum absolute atomic E-state index is 5.40. The fourth-order valence-corrected chi connectivity index (χ4v) is 0.762. The summed E-state index contributed by atoms with van der Waals surface area (Å²) in [5, 5.41) is 0. The Morgan fingerprint density at radius 1 is 1.00 bits per heavy atom. The standard InChI is InChI=1S/C8H11NO.2C2H6/c1-10-8-4-2-7(6-9)3-5-8;2*1-2/h2-5H,6,9H2,1H3;2*1-2H3. The molecule has 0 aliphatic heterocycles. The lowest BCUT2D eigenvalue weighted by Crippen LogP contribution is -1.95. The molecule has 2 nitrogen and oxygen atoms in total. The van der Waals surface area contributed by atoms with Crippen molar-refractivity contribution in [2.24, 2.45) is 5.73 Å². The molecule has 14 heavy (non-hydrogen) atoms. The first-order valence-electron chi connectivity index (χ1n) is 5.20. The number of nitrogens with two attached hydrogens (primary N) is 1. The molecule has 0 aliphatic carbocycles. The average molecular weight is 197 g/mol. The highest BCUT2D eigenvalue weighted by molar-refractivity contribution is 5.26. The summed E-state index contributed by atoms with van der Waals surface area (Å²) in [7, 11) is 1.65. The van der Waals surface area contributed by atoms with Crippen LogP contribution in [0.3, 0.4) is 0 Å². The van der Waals surface area contributed by atoms with Crippen molar-refractivity contribution >= 4 is 0 Å². The summed E-state index contributed by atoms with van der Waals surface area (Å²) >= 11 is 0. The molecule has 0 saturated heterocycles. The lowest BCUT2D eigenvalue weighted by atomic mass is 10.2. The fraction of sp³-hybridized carbons (Fsp3) is 0.500. The van der Waals surface area contributed by atoms with Gasteiger partial charge in [0.15, 0.2) is 0 Å². The second kappa shape index (κ2) is 12.0. The summed E-state index contributed by atoms with van der Waals surface area (Å²) in [5.74, 6) is 0.872. The van der Waals surface area contributed by atoms with E-state index in [1.807, 2.05) is 52.0 Å². The van der Waals surface area contributed by atoms with E-state index < -0.39 is 0 Å². The molecule has 0 bridgehead atoms. The van der Waals surface area contributed by atoms with Gasteiger partial charge < -0.3 is 10.5 Å². The van der Waals surface area contributed by atoms with E-state index in [2.05, 4.69) is 0 Å². The van der Waals surface area contributed by atoms with Gasteiger partial charge in [-0.2, -0.15) is 0 Å². The normalized spacial score (nSPS) is 7.57. The molecule has 2 heteroatoms. The summed E-state index contributed by atoms with van der Waals surface area (Å²) in [4.78, 5) is 0. The highest BCUT2D eigenvalue weighted by Gasteiger charge is 1.89.